The second kappa shape index (κ2) is 9.68. The Hall–Kier alpha value is -3.95. The van der Waals surface area contributed by atoms with Crippen molar-refractivity contribution < 1.29 is 19.3 Å². The number of carbonyl (C=O) groups excluding carboxylic acids is 3. The van der Waals surface area contributed by atoms with Crippen LogP contribution in [0.4, 0.5) is 11.4 Å². The van der Waals surface area contributed by atoms with Gasteiger partial charge in [-0.05, 0) is 24.3 Å². The van der Waals surface area contributed by atoms with E-state index in [1.54, 1.807) is 4.90 Å². The van der Waals surface area contributed by atoms with Crippen molar-refractivity contribution in [3.05, 3.63) is 70.3 Å². The smallest absolute Gasteiger partial charge is 0.269 e. The second-order valence-corrected chi connectivity index (χ2v) is 8.02. The average molecular weight is 451 g/mol. The zero-order valence-electron chi connectivity index (χ0n) is 18.1. The van der Waals surface area contributed by atoms with Gasteiger partial charge in [-0.2, -0.15) is 0 Å². The number of anilines is 1. The van der Waals surface area contributed by atoms with Gasteiger partial charge in [0.05, 0.1) is 11.3 Å². The summed E-state index contributed by atoms with van der Waals surface area (Å²) in [5, 5.41) is 13.6. The van der Waals surface area contributed by atoms with Crippen LogP contribution >= 0.6 is 0 Å². The Kier molecular flexibility index (Phi) is 6.53. The predicted molar refractivity (Wildman–Crippen MR) is 121 cm³/mol. The highest BCUT2D eigenvalue weighted by molar-refractivity contribution is 5.99. The number of benzene rings is 2. The summed E-state index contributed by atoms with van der Waals surface area (Å²) in [5.74, 6) is -0.967. The van der Waals surface area contributed by atoms with Crippen LogP contribution in [-0.2, 0) is 9.59 Å². The van der Waals surface area contributed by atoms with Crippen LogP contribution in [0.3, 0.4) is 0 Å². The topological polar surface area (TPSA) is 116 Å². The van der Waals surface area contributed by atoms with Gasteiger partial charge in [0.1, 0.15) is 6.04 Å². The van der Waals surface area contributed by atoms with Crippen LogP contribution in [0.2, 0.25) is 0 Å². The van der Waals surface area contributed by atoms with Crippen LogP contribution in [0, 0.1) is 10.1 Å². The lowest BCUT2D eigenvalue weighted by Crippen LogP contribution is -2.59. The molecule has 1 N–H and O–H groups in total. The molecule has 0 aliphatic carbocycles. The van der Waals surface area contributed by atoms with E-state index in [2.05, 4.69) is 10.2 Å². The van der Waals surface area contributed by atoms with Crippen molar-refractivity contribution >= 4 is 29.1 Å². The van der Waals surface area contributed by atoms with E-state index < -0.39 is 16.9 Å². The molecule has 0 saturated carbocycles. The number of hydrogen-bond donors (Lipinski definition) is 1. The molecule has 2 heterocycles. The van der Waals surface area contributed by atoms with Gasteiger partial charge in [-0.15, -0.1) is 0 Å². The SMILES string of the molecule is O=C1NCCN(C(=O)c2ccc([N+](=O)[O-])cc2)C1CC(=O)N1CCN(c2ccccc2)CC1. The molecule has 10 nitrogen and oxygen atoms in total. The highest BCUT2D eigenvalue weighted by Crippen LogP contribution is 2.20. The van der Waals surface area contributed by atoms with Crippen molar-refractivity contribution in [1.29, 1.82) is 0 Å². The number of nitro groups is 1. The second-order valence-electron chi connectivity index (χ2n) is 8.02. The highest BCUT2D eigenvalue weighted by atomic mass is 16.6. The van der Waals surface area contributed by atoms with Crippen molar-refractivity contribution in [2.24, 2.45) is 0 Å². The molecule has 0 aromatic heterocycles. The van der Waals surface area contributed by atoms with Gasteiger partial charge in [-0.25, -0.2) is 0 Å². The molecule has 2 saturated heterocycles. The number of hydrogen-bond acceptors (Lipinski definition) is 6. The van der Waals surface area contributed by atoms with E-state index in [0.29, 0.717) is 26.2 Å². The Labute approximate surface area is 190 Å². The fourth-order valence-corrected chi connectivity index (χ4v) is 4.20. The zero-order chi connectivity index (χ0) is 23.4. The fraction of sp³-hybridized carbons (Fsp3) is 0.348. The Balaban J connectivity index is 1.40. The van der Waals surface area contributed by atoms with Crippen LogP contribution < -0.4 is 10.2 Å². The van der Waals surface area contributed by atoms with Crippen molar-refractivity contribution in [1.82, 2.24) is 15.1 Å². The first kappa shape index (κ1) is 22.3. The molecule has 1 atom stereocenters. The summed E-state index contributed by atoms with van der Waals surface area (Å²) in [4.78, 5) is 54.3. The summed E-state index contributed by atoms with van der Waals surface area (Å²) in [6, 6.07) is 14.3. The van der Waals surface area contributed by atoms with Crippen LogP contribution in [0.5, 0.6) is 0 Å². The third kappa shape index (κ3) is 4.94. The van der Waals surface area contributed by atoms with E-state index in [1.165, 1.54) is 29.2 Å². The van der Waals surface area contributed by atoms with E-state index in [4.69, 9.17) is 0 Å². The molecule has 2 aromatic carbocycles. The van der Waals surface area contributed by atoms with Gasteiger partial charge in [0, 0.05) is 62.7 Å². The minimum atomic E-state index is -0.916. The number of nitro benzene ring substituents is 1. The molecule has 3 amide bonds. The van der Waals surface area contributed by atoms with Gasteiger partial charge in [0.2, 0.25) is 11.8 Å². The van der Waals surface area contributed by atoms with E-state index in [9.17, 15) is 24.5 Å². The number of amides is 3. The number of rotatable bonds is 5. The molecule has 4 rings (SSSR count). The number of piperazine rings is 2. The molecular formula is C23H25N5O5. The van der Waals surface area contributed by atoms with Gasteiger partial charge < -0.3 is 20.0 Å². The first-order valence-corrected chi connectivity index (χ1v) is 10.8. The first-order chi connectivity index (χ1) is 15.9. The Morgan fingerprint density at radius 2 is 1.64 bits per heavy atom. The quantitative estimate of drug-likeness (QED) is 0.541. The van der Waals surface area contributed by atoms with Gasteiger partial charge >= 0.3 is 0 Å². The van der Waals surface area contributed by atoms with Gasteiger partial charge in [0.25, 0.3) is 11.6 Å². The van der Waals surface area contributed by atoms with Crippen molar-refractivity contribution in [3.63, 3.8) is 0 Å². The molecule has 2 aromatic rings. The summed E-state index contributed by atoms with van der Waals surface area (Å²) in [7, 11) is 0. The van der Waals surface area contributed by atoms with Crippen molar-refractivity contribution in [2.45, 2.75) is 12.5 Å². The fourth-order valence-electron chi connectivity index (χ4n) is 4.20. The van der Waals surface area contributed by atoms with Gasteiger partial charge in [-0.3, -0.25) is 24.5 Å². The third-order valence-corrected chi connectivity index (χ3v) is 6.04. The van der Waals surface area contributed by atoms with Crippen LogP contribution in [0.25, 0.3) is 0 Å². The normalized spacial score (nSPS) is 18.6. The lowest BCUT2D eigenvalue weighted by atomic mass is 10.0. The highest BCUT2D eigenvalue weighted by Gasteiger charge is 2.36. The number of nitrogens with one attached hydrogen (secondary N) is 1. The predicted octanol–water partition coefficient (Wildman–Crippen LogP) is 1.27. The number of carbonyl (C=O) groups is 3. The average Bonchev–Trinajstić information content (AvgIpc) is 2.85. The Morgan fingerprint density at radius 3 is 2.27 bits per heavy atom. The molecule has 33 heavy (non-hydrogen) atoms. The van der Waals surface area contributed by atoms with Crippen LogP contribution in [-0.4, -0.2) is 77.8 Å². The molecular weight excluding hydrogens is 426 g/mol. The standard InChI is InChI=1S/C23H25N5O5/c29-21(26-14-12-25(13-15-26)18-4-2-1-3-5-18)16-20-22(30)24-10-11-27(20)23(31)17-6-8-19(9-7-17)28(32)33/h1-9,20H,10-16H2,(H,24,30). The molecule has 0 bridgehead atoms. The van der Waals surface area contributed by atoms with E-state index in [1.807, 2.05) is 30.3 Å². The summed E-state index contributed by atoms with van der Waals surface area (Å²) < 4.78 is 0. The third-order valence-electron chi connectivity index (χ3n) is 6.04. The van der Waals surface area contributed by atoms with Crippen LogP contribution in [0.1, 0.15) is 16.8 Å². The lowest BCUT2D eigenvalue weighted by Gasteiger charge is -2.38. The molecule has 10 heteroatoms. The van der Waals surface area contributed by atoms with Gasteiger partial charge in [-0.1, -0.05) is 18.2 Å². The summed E-state index contributed by atoms with van der Waals surface area (Å²) in [6.07, 6.45) is -0.101. The maximum absolute atomic E-state index is 13.0. The summed E-state index contributed by atoms with van der Waals surface area (Å²) in [6.45, 7) is 3.02. The molecule has 0 spiro atoms. The summed E-state index contributed by atoms with van der Waals surface area (Å²) >= 11 is 0. The first-order valence-electron chi connectivity index (χ1n) is 10.8. The van der Waals surface area contributed by atoms with E-state index in [-0.39, 0.29) is 42.6 Å². The monoisotopic (exact) mass is 451 g/mol. The minimum Gasteiger partial charge on any atom is -0.368 e. The van der Waals surface area contributed by atoms with Crippen molar-refractivity contribution in [2.75, 3.05) is 44.2 Å². The van der Waals surface area contributed by atoms with Crippen LogP contribution in [0.15, 0.2) is 54.6 Å². The molecule has 2 fully saturated rings. The van der Waals surface area contributed by atoms with Gasteiger partial charge in [0.15, 0.2) is 0 Å². The molecule has 2 aliphatic heterocycles. The maximum Gasteiger partial charge on any atom is 0.269 e. The summed E-state index contributed by atoms with van der Waals surface area (Å²) in [5.41, 5.74) is 1.23. The number of non-ortho nitro benzene ring substituents is 1. The van der Waals surface area contributed by atoms with Crippen molar-refractivity contribution in [3.8, 4) is 0 Å². The van der Waals surface area contributed by atoms with E-state index >= 15 is 0 Å². The minimum absolute atomic E-state index is 0.101. The zero-order valence-corrected chi connectivity index (χ0v) is 18.1. The Bertz CT molecular complexity index is 1030. The molecule has 2 aliphatic rings. The Morgan fingerprint density at radius 1 is 0.970 bits per heavy atom. The van der Waals surface area contributed by atoms with E-state index in [0.717, 1.165) is 5.69 Å². The largest absolute Gasteiger partial charge is 0.368 e. The maximum atomic E-state index is 13.0. The molecule has 1 unspecified atom stereocenters. The number of para-hydroxylation sites is 1. The molecule has 172 valence electrons. The lowest BCUT2D eigenvalue weighted by molar-refractivity contribution is -0.384. The number of nitrogens with zero attached hydrogens (tertiary/aromatic N) is 4. The molecule has 0 radical (unpaired) electrons.